The van der Waals surface area contributed by atoms with E-state index in [9.17, 15) is 0 Å². The largest absolute Gasteiger partial charge is 0.493 e. The summed E-state index contributed by atoms with van der Waals surface area (Å²) in [7, 11) is 8.13. The topological polar surface area (TPSA) is 62.8 Å². The van der Waals surface area contributed by atoms with E-state index in [4.69, 9.17) is 23.7 Å². The summed E-state index contributed by atoms with van der Waals surface area (Å²) in [6, 6.07) is 9.81. The third-order valence-corrected chi connectivity index (χ3v) is 3.95. The van der Waals surface area contributed by atoms with Gasteiger partial charge in [0.25, 0.3) is 0 Å². The number of hydrogen-bond acceptors (Lipinski definition) is 5. The van der Waals surface area contributed by atoms with Crippen molar-refractivity contribution in [1.82, 2.24) is 0 Å². The Labute approximate surface area is 148 Å². The summed E-state index contributed by atoms with van der Waals surface area (Å²) in [5.41, 5.74) is 2.16. The minimum Gasteiger partial charge on any atom is -0.493 e. The molecule has 6 heteroatoms. The zero-order chi connectivity index (χ0) is 18.2. The molecule has 2 N–H and O–H groups in total. The normalized spacial score (nSPS) is 10.3. The fraction of sp³-hybridized carbons (Fsp3) is 0.368. The lowest BCUT2D eigenvalue weighted by molar-refractivity contribution is -0.686. The van der Waals surface area contributed by atoms with Gasteiger partial charge in [-0.25, -0.2) is 0 Å². The molecule has 2 aromatic carbocycles. The van der Waals surface area contributed by atoms with Gasteiger partial charge in [-0.2, -0.15) is 0 Å². The fourth-order valence-corrected chi connectivity index (χ4v) is 2.76. The van der Waals surface area contributed by atoms with Crippen LogP contribution in [0.1, 0.15) is 11.1 Å². The van der Waals surface area contributed by atoms with Gasteiger partial charge in [-0.05, 0) is 24.3 Å². The standard InChI is InChI=1S/C19H25NO5/c1-21-15-8-6-7-14(18(15)24-4)12-20-11-13-9-16(22-2)19(25-5)17(10-13)23-3/h6-10,20H,11-12H2,1-5H3/p+1. The van der Waals surface area contributed by atoms with Crippen LogP contribution in [0.5, 0.6) is 28.7 Å². The highest BCUT2D eigenvalue weighted by atomic mass is 16.5. The van der Waals surface area contributed by atoms with E-state index >= 15 is 0 Å². The summed E-state index contributed by atoms with van der Waals surface area (Å²) in [4.78, 5) is 0. The number of nitrogens with two attached hydrogens (primary N) is 1. The molecular weight excluding hydrogens is 322 g/mol. The van der Waals surface area contributed by atoms with Gasteiger partial charge >= 0.3 is 0 Å². The third-order valence-electron chi connectivity index (χ3n) is 3.95. The number of ether oxygens (including phenoxy) is 5. The van der Waals surface area contributed by atoms with Crippen LogP contribution in [0.15, 0.2) is 30.3 Å². The zero-order valence-corrected chi connectivity index (χ0v) is 15.4. The molecular formula is C19H26NO5+. The van der Waals surface area contributed by atoms with E-state index in [2.05, 4.69) is 5.32 Å². The van der Waals surface area contributed by atoms with Crippen LogP contribution in [-0.2, 0) is 13.1 Å². The molecule has 0 heterocycles. The molecule has 136 valence electrons. The fourth-order valence-electron chi connectivity index (χ4n) is 2.76. The van der Waals surface area contributed by atoms with Crippen molar-refractivity contribution < 1.29 is 29.0 Å². The van der Waals surface area contributed by atoms with Gasteiger partial charge in [-0.3, -0.25) is 0 Å². The van der Waals surface area contributed by atoms with E-state index in [0.29, 0.717) is 17.2 Å². The number of methoxy groups -OCH3 is 5. The van der Waals surface area contributed by atoms with Crippen LogP contribution in [0, 0.1) is 0 Å². The Morgan fingerprint density at radius 2 is 1.28 bits per heavy atom. The van der Waals surface area contributed by atoms with Crippen molar-refractivity contribution in [2.45, 2.75) is 13.1 Å². The SMILES string of the molecule is COc1cccc(C[NH2+]Cc2cc(OC)c(OC)c(OC)c2)c1OC. The van der Waals surface area contributed by atoms with Crippen molar-refractivity contribution in [1.29, 1.82) is 0 Å². The van der Waals surface area contributed by atoms with Crippen molar-refractivity contribution in [3.63, 3.8) is 0 Å². The second-order valence-corrected chi connectivity index (χ2v) is 5.38. The van der Waals surface area contributed by atoms with E-state index in [0.717, 1.165) is 35.7 Å². The van der Waals surface area contributed by atoms with E-state index in [1.165, 1.54) is 0 Å². The van der Waals surface area contributed by atoms with Gasteiger partial charge in [0.1, 0.15) is 13.1 Å². The average Bonchev–Trinajstić information content (AvgIpc) is 2.66. The van der Waals surface area contributed by atoms with Gasteiger partial charge < -0.3 is 29.0 Å². The lowest BCUT2D eigenvalue weighted by atomic mass is 10.1. The van der Waals surface area contributed by atoms with Crippen molar-refractivity contribution in [3.05, 3.63) is 41.5 Å². The molecule has 0 fully saturated rings. The van der Waals surface area contributed by atoms with Crippen LogP contribution < -0.4 is 29.0 Å². The number of benzene rings is 2. The predicted molar refractivity (Wildman–Crippen MR) is 95.0 cm³/mol. The Kier molecular flexibility index (Phi) is 6.77. The van der Waals surface area contributed by atoms with Gasteiger partial charge in [0.2, 0.25) is 5.75 Å². The maximum absolute atomic E-state index is 5.47. The maximum Gasteiger partial charge on any atom is 0.203 e. The molecule has 0 amide bonds. The molecule has 0 aliphatic rings. The summed E-state index contributed by atoms with van der Waals surface area (Å²) in [5.74, 6) is 3.42. The predicted octanol–water partition coefficient (Wildman–Crippen LogP) is 1.99. The molecule has 0 aliphatic carbocycles. The monoisotopic (exact) mass is 348 g/mol. The van der Waals surface area contributed by atoms with Crippen LogP contribution in [0.25, 0.3) is 0 Å². The highest BCUT2D eigenvalue weighted by molar-refractivity contribution is 5.53. The van der Waals surface area contributed by atoms with Gasteiger partial charge in [-0.15, -0.1) is 0 Å². The zero-order valence-electron chi connectivity index (χ0n) is 15.4. The second kappa shape index (κ2) is 9.03. The highest BCUT2D eigenvalue weighted by Gasteiger charge is 2.15. The molecule has 0 saturated heterocycles. The Morgan fingerprint density at radius 1 is 0.680 bits per heavy atom. The minimum atomic E-state index is 0.600. The first kappa shape index (κ1) is 18.7. The molecule has 0 saturated carbocycles. The Bertz CT molecular complexity index is 677. The van der Waals surface area contributed by atoms with Crippen LogP contribution in [0.3, 0.4) is 0 Å². The van der Waals surface area contributed by atoms with Crippen LogP contribution in [0.4, 0.5) is 0 Å². The summed E-state index contributed by atoms with van der Waals surface area (Å²) in [6.45, 7) is 1.52. The average molecular weight is 348 g/mol. The summed E-state index contributed by atoms with van der Waals surface area (Å²) in [5, 5.41) is 2.18. The number of para-hydroxylation sites is 1. The first-order valence-electron chi connectivity index (χ1n) is 7.98. The van der Waals surface area contributed by atoms with Crippen molar-refractivity contribution in [3.8, 4) is 28.7 Å². The Morgan fingerprint density at radius 3 is 1.80 bits per heavy atom. The Balaban J connectivity index is 2.12. The highest BCUT2D eigenvalue weighted by Crippen LogP contribution is 2.38. The van der Waals surface area contributed by atoms with Crippen LogP contribution in [-0.4, -0.2) is 35.5 Å². The Hall–Kier alpha value is -2.60. The van der Waals surface area contributed by atoms with Gasteiger partial charge in [0, 0.05) is 5.56 Å². The first-order valence-corrected chi connectivity index (χ1v) is 7.98. The van der Waals surface area contributed by atoms with E-state index in [1.54, 1.807) is 35.5 Å². The molecule has 0 bridgehead atoms. The second-order valence-electron chi connectivity index (χ2n) is 5.38. The van der Waals surface area contributed by atoms with E-state index < -0.39 is 0 Å². The van der Waals surface area contributed by atoms with Crippen molar-refractivity contribution in [2.75, 3.05) is 35.5 Å². The molecule has 6 nitrogen and oxygen atoms in total. The molecule has 2 rings (SSSR count). The van der Waals surface area contributed by atoms with Crippen LogP contribution >= 0.6 is 0 Å². The van der Waals surface area contributed by atoms with Gasteiger partial charge in [0.05, 0.1) is 41.1 Å². The number of quaternary nitrogens is 1. The van der Waals surface area contributed by atoms with Crippen molar-refractivity contribution >= 4 is 0 Å². The van der Waals surface area contributed by atoms with E-state index in [-0.39, 0.29) is 0 Å². The lowest BCUT2D eigenvalue weighted by Crippen LogP contribution is -2.80. The van der Waals surface area contributed by atoms with E-state index in [1.807, 2.05) is 30.3 Å². The summed E-state index contributed by atoms with van der Waals surface area (Å²) < 4.78 is 27.0. The van der Waals surface area contributed by atoms with Gasteiger partial charge in [-0.1, -0.05) is 6.07 Å². The maximum atomic E-state index is 5.47. The molecule has 0 aromatic heterocycles. The molecule has 0 unspecified atom stereocenters. The molecule has 0 spiro atoms. The molecule has 0 atom stereocenters. The smallest absolute Gasteiger partial charge is 0.203 e. The number of rotatable bonds is 9. The van der Waals surface area contributed by atoms with Crippen molar-refractivity contribution in [2.24, 2.45) is 0 Å². The lowest BCUT2D eigenvalue weighted by Gasteiger charge is -2.14. The third kappa shape index (κ3) is 4.28. The molecule has 0 radical (unpaired) electrons. The van der Waals surface area contributed by atoms with Gasteiger partial charge in [0.15, 0.2) is 23.0 Å². The summed E-state index contributed by atoms with van der Waals surface area (Å²) in [6.07, 6.45) is 0. The molecule has 0 aliphatic heterocycles. The quantitative estimate of drug-likeness (QED) is 0.751. The number of hydrogen-bond donors (Lipinski definition) is 1. The first-order chi connectivity index (χ1) is 12.2. The van der Waals surface area contributed by atoms with Crippen LogP contribution in [0.2, 0.25) is 0 Å². The molecule has 2 aromatic rings. The summed E-state index contributed by atoms with van der Waals surface area (Å²) >= 11 is 0. The molecule has 25 heavy (non-hydrogen) atoms. The minimum absolute atomic E-state index is 0.600.